The van der Waals surface area contributed by atoms with E-state index in [0.717, 1.165) is 16.7 Å². The fraction of sp³-hybridized carbons (Fsp3) is 0.464. The van der Waals surface area contributed by atoms with E-state index in [2.05, 4.69) is 5.43 Å². The van der Waals surface area contributed by atoms with Gasteiger partial charge >= 0.3 is 18.0 Å². The molecule has 0 saturated carbocycles. The largest absolute Gasteiger partial charge is 0.465 e. The molecule has 0 bridgehead atoms. The van der Waals surface area contributed by atoms with Gasteiger partial charge in [-0.25, -0.2) is 15.0 Å². The molecule has 0 spiro atoms. The molecule has 0 aliphatic carbocycles. The van der Waals surface area contributed by atoms with E-state index in [1.54, 1.807) is 34.7 Å². The van der Waals surface area contributed by atoms with Gasteiger partial charge in [0.25, 0.3) is 0 Å². The van der Waals surface area contributed by atoms with Crippen LogP contribution in [0.3, 0.4) is 0 Å². The maximum Gasteiger partial charge on any atom is 0.335 e. The minimum absolute atomic E-state index is 0.240. The van der Waals surface area contributed by atoms with Crippen LogP contribution in [-0.2, 0) is 38.4 Å². The summed E-state index contributed by atoms with van der Waals surface area (Å²) in [5.74, 6) is -0.884. The van der Waals surface area contributed by atoms with Gasteiger partial charge in [0.2, 0.25) is 0 Å². The molecule has 1 N–H and O–H groups in total. The van der Waals surface area contributed by atoms with Crippen molar-refractivity contribution in [1.29, 1.82) is 0 Å². The van der Waals surface area contributed by atoms with Crippen LogP contribution in [0.4, 0.5) is 4.79 Å². The van der Waals surface area contributed by atoms with E-state index in [4.69, 9.17) is 9.47 Å². The normalized spacial score (nSPS) is 16.0. The third kappa shape index (κ3) is 7.31. The van der Waals surface area contributed by atoms with Crippen LogP contribution in [0, 0.1) is 0 Å². The Morgan fingerprint density at radius 1 is 1.06 bits per heavy atom. The highest BCUT2D eigenvalue weighted by molar-refractivity contribution is 5.85. The minimum Gasteiger partial charge on any atom is -0.465 e. The lowest BCUT2D eigenvalue weighted by molar-refractivity contribution is -0.161. The van der Waals surface area contributed by atoms with Gasteiger partial charge in [0, 0.05) is 20.0 Å². The third-order valence-corrected chi connectivity index (χ3v) is 5.95. The van der Waals surface area contributed by atoms with Crippen molar-refractivity contribution in [2.45, 2.75) is 71.2 Å². The molecule has 0 radical (unpaired) electrons. The summed E-state index contributed by atoms with van der Waals surface area (Å²) >= 11 is 0. The first-order valence-electron chi connectivity index (χ1n) is 12.4. The summed E-state index contributed by atoms with van der Waals surface area (Å²) in [6, 6.07) is 15.7. The second kappa shape index (κ2) is 12.0. The molecule has 194 valence electrons. The fourth-order valence-corrected chi connectivity index (χ4v) is 4.22. The van der Waals surface area contributed by atoms with Crippen LogP contribution < -0.4 is 5.43 Å². The third-order valence-electron chi connectivity index (χ3n) is 5.95. The summed E-state index contributed by atoms with van der Waals surface area (Å²) in [7, 11) is 1.56. The van der Waals surface area contributed by atoms with E-state index >= 15 is 0 Å². The number of urea groups is 1. The molecule has 8 nitrogen and oxygen atoms in total. The Morgan fingerprint density at radius 2 is 1.69 bits per heavy atom. The van der Waals surface area contributed by atoms with Gasteiger partial charge in [0.15, 0.2) is 0 Å². The molecule has 0 aromatic heterocycles. The second-order valence-corrected chi connectivity index (χ2v) is 9.95. The monoisotopic (exact) mass is 495 g/mol. The van der Waals surface area contributed by atoms with Crippen molar-refractivity contribution in [2.75, 3.05) is 13.7 Å². The summed E-state index contributed by atoms with van der Waals surface area (Å²) in [5, 5.41) is 1.28. The van der Waals surface area contributed by atoms with Crippen LogP contribution in [-0.4, -0.2) is 59.2 Å². The highest BCUT2D eigenvalue weighted by atomic mass is 16.6. The Morgan fingerprint density at radius 3 is 2.33 bits per heavy atom. The van der Waals surface area contributed by atoms with Crippen molar-refractivity contribution in [1.82, 2.24) is 15.3 Å². The van der Waals surface area contributed by atoms with Gasteiger partial charge in [-0.05, 0) is 57.2 Å². The minimum atomic E-state index is -0.777. The van der Waals surface area contributed by atoms with Crippen molar-refractivity contribution in [3.63, 3.8) is 0 Å². The summed E-state index contributed by atoms with van der Waals surface area (Å²) in [6.45, 7) is 7.66. The molecule has 3 rings (SSSR count). The van der Waals surface area contributed by atoms with Crippen molar-refractivity contribution in [2.24, 2.45) is 0 Å². The molecule has 2 atom stereocenters. The SMILES string of the molecule is CCOC(=O)C(CCc1ccccc1)NN(C)C(=O)N1Cc2ccccc2CC1C(=O)OC(C)(C)C. The lowest BCUT2D eigenvalue weighted by atomic mass is 9.94. The first kappa shape index (κ1) is 27.2. The standard InChI is InChI=1S/C28H37N3O5/c1-6-35-25(32)23(17-16-20-12-8-7-9-13-20)29-30(5)27(34)31-19-22-15-11-10-14-21(22)18-24(31)26(33)36-28(2,3)4/h7-15,23-24,29H,6,16-19H2,1-5H3. The number of amides is 2. The summed E-state index contributed by atoms with van der Waals surface area (Å²) < 4.78 is 10.9. The molecular weight excluding hydrogens is 458 g/mol. The Hall–Kier alpha value is -3.39. The Labute approximate surface area is 213 Å². The number of carbonyl (C=O) groups is 3. The summed E-state index contributed by atoms with van der Waals surface area (Å²) in [6.07, 6.45) is 1.44. The smallest absolute Gasteiger partial charge is 0.335 e. The molecule has 0 saturated heterocycles. The average molecular weight is 496 g/mol. The number of aryl methyl sites for hydroxylation is 1. The molecule has 1 heterocycles. The molecule has 1 aliphatic rings. The maximum absolute atomic E-state index is 13.6. The number of nitrogens with zero attached hydrogens (tertiary/aromatic N) is 2. The molecule has 2 unspecified atom stereocenters. The van der Waals surface area contributed by atoms with Gasteiger partial charge in [-0.3, -0.25) is 9.80 Å². The highest BCUT2D eigenvalue weighted by Gasteiger charge is 2.39. The van der Waals surface area contributed by atoms with Gasteiger partial charge in [0.05, 0.1) is 6.61 Å². The highest BCUT2D eigenvalue weighted by Crippen LogP contribution is 2.26. The van der Waals surface area contributed by atoms with Crippen LogP contribution >= 0.6 is 0 Å². The molecule has 0 fully saturated rings. The van der Waals surface area contributed by atoms with Gasteiger partial charge in [-0.2, -0.15) is 0 Å². The van der Waals surface area contributed by atoms with E-state index in [-0.39, 0.29) is 13.2 Å². The first-order chi connectivity index (χ1) is 17.1. The Kier molecular flexibility index (Phi) is 9.09. The van der Waals surface area contributed by atoms with Crippen LogP contribution in [0.2, 0.25) is 0 Å². The number of hydrazine groups is 1. The van der Waals surface area contributed by atoms with Crippen LogP contribution in [0.25, 0.3) is 0 Å². The topological polar surface area (TPSA) is 88.2 Å². The number of nitrogens with one attached hydrogen (secondary N) is 1. The fourth-order valence-electron chi connectivity index (χ4n) is 4.22. The van der Waals surface area contributed by atoms with E-state index in [9.17, 15) is 14.4 Å². The molecular formula is C28H37N3O5. The molecule has 2 aromatic rings. The molecule has 8 heteroatoms. The van der Waals surface area contributed by atoms with Crippen molar-refractivity contribution in [3.8, 4) is 0 Å². The number of rotatable bonds is 8. The quantitative estimate of drug-likeness (QED) is 0.442. The Balaban J connectivity index is 1.78. The zero-order chi connectivity index (χ0) is 26.3. The zero-order valence-electron chi connectivity index (χ0n) is 21.8. The molecule has 1 aliphatic heterocycles. The van der Waals surface area contributed by atoms with Gasteiger partial charge in [0.1, 0.15) is 17.7 Å². The van der Waals surface area contributed by atoms with E-state index < -0.39 is 35.7 Å². The molecule has 2 aromatic carbocycles. The summed E-state index contributed by atoms with van der Waals surface area (Å²) in [4.78, 5) is 40.9. The number of hydrogen-bond acceptors (Lipinski definition) is 6. The van der Waals surface area contributed by atoms with Crippen LogP contribution in [0.15, 0.2) is 54.6 Å². The maximum atomic E-state index is 13.6. The van der Waals surface area contributed by atoms with Crippen molar-refractivity contribution in [3.05, 3.63) is 71.3 Å². The zero-order valence-corrected chi connectivity index (χ0v) is 21.8. The second-order valence-electron chi connectivity index (χ2n) is 9.95. The Bertz CT molecular complexity index is 1050. The first-order valence-corrected chi connectivity index (χ1v) is 12.4. The number of hydrogen-bond donors (Lipinski definition) is 1. The van der Waals surface area contributed by atoms with E-state index in [1.807, 2.05) is 54.6 Å². The van der Waals surface area contributed by atoms with E-state index in [0.29, 0.717) is 19.3 Å². The number of fused-ring (bicyclic) bond motifs is 1. The number of esters is 2. The van der Waals surface area contributed by atoms with Crippen molar-refractivity contribution >= 4 is 18.0 Å². The van der Waals surface area contributed by atoms with Gasteiger partial charge in [-0.15, -0.1) is 0 Å². The lowest BCUT2D eigenvalue weighted by Gasteiger charge is -2.39. The number of carbonyl (C=O) groups excluding carboxylic acids is 3. The predicted octanol–water partition coefficient (Wildman–Crippen LogP) is 3.88. The molecule has 2 amide bonds. The van der Waals surface area contributed by atoms with Crippen LogP contribution in [0.1, 0.15) is 50.8 Å². The molecule has 36 heavy (non-hydrogen) atoms. The lowest BCUT2D eigenvalue weighted by Crippen LogP contribution is -2.58. The van der Waals surface area contributed by atoms with E-state index in [1.165, 1.54) is 9.91 Å². The number of ether oxygens (including phenoxy) is 2. The van der Waals surface area contributed by atoms with Crippen LogP contribution in [0.5, 0.6) is 0 Å². The average Bonchev–Trinajstić information content (AvgIpc) is 2.84. The van der Waals surface area contributed by atoms with Gasteiger partial charge in [-0.1, -0.05) is 54.6 Å². The van der Waals surface area contributed by atoms with Gasteiger partial charge < -0.3 is 14.4 Å². The number of benzene rings is 2. The summed E-state index contributed by atoms with van der Waals surface area (Å²) in [5.41, 5.74) is 5.41. The van der Waals surface area contributed by atoms with Crippen molar-refractivity contribution < 1.29 is 23.9 Å². The predicted molar refractivity (Wildman–Crippen MR) is 137 cm³/mol.